The highest BCUT2D eigenvalue weighted by molar-refractivity contribution is 5.90. The van der Waals surface area contributed by atoms with Crippen molar-refractivity contribution >= 4 is 11.9 Å². The molecule has 1 aliphatic rings. The van der Waals surface area contributed by atoms with Gasteiger partial charge in [0.2, 0.25) is 0 Å². The van der Waals surface area contributed by atoms with Crippen molar-refractivity contribution in [3.8, 4) is 0 Å². The third-order valence-electron chi connectivity index (χ3n) is 4.73. The zero-order valence-corrected chi connectivity index (χ0v) is 16.5. The van der Waals surface area contributed by atoms with E-state index in [0.717, 1.165) is 0 Å². The number of ether oxygens (including phenoxy) is 3. The Morgan fingerprint density at radius 2 is 1.47 bits per heavy atom. The van der Waals surface area contributed by atoms with E-state index in [-0.39, 0.29) is 17.7 Å². The molecule has 0 fully saturated rings. The normalized spacial score (nSPS) is 23.4. The molecule has 2 aromatic carbocycles. The number of aliphatic hydroxyl groups excluding tert-OH is 2. The van der Waals surface area contributed by atoms with Crippen LogP contribution in [0.3, 0.4) is 0 Å². The summed E-state index contributed by atoms with van der Waals surface area (Å²) >= 11 is 0. The minimum atomic E-state index is -1.35. The molecule has 0 unspecified atom stereocenters. The highest BCUT2D eigenvalue weighted by Gasteiger charge is 2.42. The Bertz CT molecular complexity index is 879. The molecule has 3 rings (SSSR count). The zero-order chi connectivity index (χ0) is 21.5. The van der Waals surface area contributed by atoms with Crippen molar-refractivity contribution in [2.45, 2.75) is 31.3 Å². The lowest BCUT2D eigenvalue weighted by Gasteiger charge is -2.36. The Morgan fingerprint density at radius 3 is 2.03 bits per heavy atom. The number of carbonyl (C=O) groups is 2. The van der Waals surface area contributed by atoms with E-state index < -0.39 is 36.4 Å². The van der Waals surface area contributed by atoms with E-state index in [1.165, 1.54) is 6.08 Å². The quantitative estimate of drug-likeness (QED) is 0.531. The highest BCUT2D eigenvalue weighted by Crippen LogP contribution is 2.26. The van der Waals surface area contributed by atoms with Gasteiger partial charge in [-0.25, -0.2) is 9.59 Å². The van der Waals surface area contributed by atoms with Gasteiger partial charge in [0, 0.05) is 6.61 Å². The van der Waals surface area contributed by atoms with E-state index in [1.807, 2.05) is 0 Å². The Balaban J connectivity index is 1.74. The summed E-state index contributed by atoms with van der Waals surface area (Å²) in [5.74, 6) is -1.24. The van der Waals surface area contributed by atoms with Crippen LogP contribution in [0.2, 0.25) is 0 Å². The molecule has 0 bridgehead atoms. The van der Waals surface area contributed by atoms with Crippen molar-refractivity contribution in [3.05, 3.63) is 83.4 Å². The van der Waals surface area contributed by atoms with E-state index in [9.17, 15) is 19.8 Å². The average molecular weight is 412 g/mol. The Morgan fingerprint density at radius 1 is 0.900 bits per heavy atom. The molecule has 2 N–H and O–H groups in total. The second-order valence-electron chi connectivity index (χ2n) is 6.78. The van der Waals surface area contributed by atoms with Gasteiger partial charge in [-0.2, -0.15) is 0 Å². The maximum Gasteiger partial charge on any atom is 0.338 e. The molecule has 7 nitrogen and oxygen atoms in total. The number of hydrogen-bond acceptors (Lipinski definition) is 7. The molecule has 0 aliphatic heterocycles. The van der Waals surface area contributed by atoms with E-state index in [1.54, 1.807) is 67.6 Å². The maximum atomic E-state index is 12.4. The van der Waals surface area contributed by atoms with Gasteiger partial charge in [0.25, 0.3) is 0 Å². The van der Waals surface area contributed by atoms with Gasteiger partial charge in [0.15, 0.2) is 6.10 Å². The summed E-state index contributed by atoms with van der Waals surface area (Å²) in [6.45, 7) is 1.82. The lowest BCUT2D eigenvalue weighted by molar-refractivity contribution is -0.117. The molecule has 0 amide bonds. The van der Waals surface area contributed by atoms with Crippen LogP contribution in [0.5, 0.6) is 0 Å². The zero-order valence-electron chi connectivity index (χ0n) is 16.5. The number of benzene rings is 2. The molecule has 2 aromatic rings. The molecule has 158 valence electrons. The minimum absolute atomic E-state index is 0.232. The van der Waals surface area contributed by atoms with Crippen LogP contribution in [0, 0.1) is 0 Å². The number of rotatable bonds is 7. The molecule has 0 heterocycles. The SMILES string of the molecule is CCO[C@@H]1C=C(COC(=O)c2ccccc2)[C@@H](O)[C@H](OC(=O)c2ccccc2)[C@H]1O. The lowest BCUT2D eigenvalue weighted by Crippen LogP contribution is -2.52. The molecule has 0 spiro atoms. The molecule has 0 saturated carbocycles. The first-order valence-electron chi connectivity index (χ1n) is 9.67. The van der Waals surface area contributed by atoms with Gasteiger partial charge in [0.1, 0.15) is 24.9 Å². The fourth-order valence-corrected chi connectivity index (χ4v) is 3.17. The molecule has 0 radical (unpaired) electrons. The number of esters is 2. The second kappa shape index (κ2) is 10.2. The largest absolute Gasteiger partial charge is 0.457 e. The van der Waals surface area contributed by atoms with Crippen LogP contribution in [0.25, 0.3) is 0 Å². The van der Waals surface area contributed by atoms with Gasteiger partial charge >= 0.3 is 11.9 Å². The van der Waals surface area contributed by atoms with Crippen LogP contribution in [0.4, 0.5) is 0 Å². The molecule has 4 atom stereocenters. The van der Waals surface area contributed by atoms with Crippen molar-refractivity contribution in [2.75, 3.05) is 13.2 Å². The van der Waals surface area contributed by atoms with Crippen molar-refractivity contribution in [2.24, 2.45) is 0 Å². The highest BCUT2D eigenvalue weighted by atomic mass is 16.6. The summed E-state index contributed by atoms with van der Waals surface area (Å²) in [5.41, 5.74) is 0.946. The molecule has 0 aromatic heterocycles. The van der Waals surface area contributed by atoms with Crippen LogP contribution in [-0.4, -0.2) is 59.8 Å². The summed E-state index contributed by atoms with van der Waals surface area (Å²) < 4.78 is 16.2. The second-order valence-corrected chi connectivity index (χ2v) is 6.78. The number of hydrogen-bond donors (Lipinski definition) is 2. The topological polar surface area (TPSA) is 102 Å². The van der Waals surface area contributed by atoms with E-state index in [0.29, 0.717) is 12.2 Å². The molecule has 0 saturated heterocycles. The third-order valence-corrected chi connectivity index (χ3v) is 4.73. The number of carbonyl (C=O) groups excluding carboxylic acids is 2. The summed E-state index contributed by atoms with van der Waals surface area (Å²) in [4.78, 5) is 24.6. The molecule has 1 aliphatic carbocycles. The maximum absolute atomic E-state index is 12.4. The van der Waals surface area contributed by atoms with Crippen molar-refractivity contribution in [1.29, 1.82) is 0 Å². The van der Waals surface area contributed by atoms with E-state index >= 15 is 0 Å². The molecule has 30 heavy (non-hydrogen) atoms. The van der Waals surface area contributed by atoms with Gasteiger partial charge in [-0.05, 0) is 42.8 Å². The van der Waals surface area contributed by atoms with Gasteiger partial charge in [-0.3, -0.25) is 0 Å². The van der Waals surface area contributed by atoms with Gasteiger partial charge in [0.05, 0.1) is 11.1 Å². The first kappa shape index (κ1) is 21.7. The van der Waals surface area contributed by atoms with Gasteiger partial charge < -0.3 is 24.4 Å². The lowest BCUT2D eigenvalue weighted by atomic mass is 9.89. The first-order chi connectivity index (χ1) is 14.5. The Kier molecular flexibility index (Phi) is 7.35. The van der Waals surface area contributed by atoms with E-state index in [4.69, 9.17) is 14.2 Å². The van der Waals surface area contributed by atoms with Gasteiger partial charge in [-0.15, -0.1) is 0 Å². The average Bonchev–Trinajstić information content (AvgIpc) is 2.78. The van der Waals surface area contributed by atoms with E-state index in [2.05, 4.69) is 0 Å². The predicted molar refractivity (Wildman–Crippen MR) is 108 cm³/mol. The Hall–Kier alpha value is -3.00. The molecule has 7 heteroatoms. The predicted octanol–water partition coefficient (Wildman–Crippen LogP) is 2.14. The molecular weight excluding hydrogens is 388 g/mol. The van der Waals surface area contributed by atoms with Crippen molar-refractivity contribution in [1.82, 2.24) is 0 Å². The fourth-order valence-electron chi connectivity index (χ4n) is 3.17. The van der Waals surface area contributed by atoms with Crippen molar-refractivity contribution in [3.63, 3.8) is 0 Å². The summed E-state index contributed by atoms with van der Waals surface area (Å²) in [5, 5.41) is 21.3. The van der Waals surface area contributed by atoms with Crippen LogP contribution in [0.15, 0.2) is 72.3 Å². The Labute approximate surface area is 174 Å². The monoisotopic (exact) mass is 412 g/mol. The minimum Gasteiger partial charge on any atom is -0.457 e. The summed E-state index contributed by atoms with van der Waals surface area (Å²) in [6, 6.07) is 16.7. The summed E-state index contributed by atoms with van der Waals surface area (Å²) in [7, 11) is 0. The fraction of sp³-hybridized carbons (Fsp3) is 0.304. The first-order valence-corrected chi connectivity index (χ1v) is 9.67. The number of aliphatic hydroxyl groups is 2. The summed E-state index contributed by atoms with van der Waals surface area (Å²) in [6.07, 6.45) is -3.22. The van der Waals surface area contributed by atoms with Gasteiger partial charge in [-0.1, -0.05) is 36.4 Å². The van der Waals surface area contributed by atoms with Crippen LogP contribution >= 0.6 is 0 Å². The molecular formula is C23H24O7. The van der Waals surface area contributed by atoms with Crippen LogP contribution in [-0.2, 0) is 14.2 Å². The third kappa shape index (κ3) is 5.13. The van der Waals surface area contributed by atoms with Crippen LogP contribution in [0.1, 0.15) is 27.6 Å². The standard InChI is InChI=1S/C23H24O7/c1-2-28-18-13-17(14-29-22(26)15-9-5-3-6-10-15)19(24)21(20(18)25)30-23(27)16-11-7-4-8-12-16/h3-13,18-21,24-25H,2,14H2,1H3/t18-,19-,20+,21+/m1/s1. The van der Waals surface area contributed by atoms with Crippen molar-refractivity contribution < 1.29 is 34.0 Å². The van der Waals surface area contributed by atoms with Crippen LogP contribution < -0.4 is 0 Å². The smallest absolute Gasteiger partial charge is 0.338 e.